The van der Waals surface area contributed by atoms with Crippen LogP contribution in [0.4, 0.5) is 0 Å². The number of benzene rings is 2. The van der Waals surface area contributed by atoms with E-state index in [0.717, 1.165) is 5.56 Å². The summed E-state index contributed by atoms with van der Waals surface area (Å²) in [4.78, 5) is 32.0. The number of allylic oxidation sites excluding steroid dienone is 1. The van der Waals surface area contributed by atoms with E-state index >= 15 is 0 Å². The molecule has 200 valence electrons. The molecule has 0 unspecified atom stereocenters. The molecule has 3 aromatic rings. The van der Waals surface area contributed by atoms with Gasteiger partial charge in [-0.25, -0.2) is 9.79 Å². The molecule has 0 amide bonds. The van der Waals surface area contributed by atoms with E-state index in [0.29, 0.717) is 48.1 Å². The van der Waals surface area contributed by atoms with Crippen molar-refractivity contribution >= 4 is 39.3 Å². The first kappa shape index (κ1) is 27.5. The van der Waals surface area contributed by atoms with Gasteiger partial charge in [-0.05, 0) is 71.2 Å². The van der Waals surface area contributed by atoms with E-state index in [4.69, 9.17) is 23.7 Å². The third-order valence-electron chi connectivity index (χ3n) is 5.99. The van der Waals surface area contributed by atoms with Crippen molar-refractivity contribution in [3.8, 4) is 23.0 Å². The van der Waals surface area contributed by atoms with Crippen molar-refractivity contribution in [3.63, 3.8) is 0 Å². The van der Waals surface area contributed by atoms with Crippen molar-refractivity contribution in [2.24, 2.45) is 4.99 Å². The van der Waals surface area contributed by atoms with Gasteiger partial charge in [0.1, 0.15) is 0 Å². The molecule has 1 aliphatic heterocycles. The van der Waals surface area contributed by atoms with E-state index < -0.39 is 12.0 Å². The van der Waals surface area contributed by atoms with Crippen molar-refractivity contribution < 1.29 is 28.5 Å². The van der Waals surface area contributed by atoms with Gasteiger partial charge in [-0.15, -0.1) is 0 Å². The van der Waals surface area contributed by atoms with Gasteiger partial charge >= 0.3 is 5.97 Å². The summed E-state index contributed by atoms with van der Waals surface area (Å²) in [6.07, 6.45) is 1.76. The van der Waals surface area contributed by atoms with Gasteiger partial charge in [-0.1, -0.05) is 17.4 Å². The predicted molar refractivity (Wildman–Crippen MR) is 147 cm³/mol. The maximum Gasteiger partial charge on any atom is 0.338 e. The highest BCUT2D eigenvalue weighted by atomic mass is 79.9. The zero-order chi connectivity index (χ0) is 27.6. The Morgan fingerprint density at radius 2 is 1.76 bits per heavy atom. The first-order valence-corrected chi connectivity index (χ1v) is 13.2. The molecule has 0 saturated carbocycles. The molecule has 0 radical (unpaired) electrons. The largest absolute Gasteiger partial charge is 0.493 e. The monoisotopic (exact) mass is 602 g/mol. The molecule has 0 bridgehead atoms. The lowest BCUT2D eigenvalue weighted by atomic mass is 9.95. The predicted octanol–water partition coefficient (Wildman–Crippen LogP) is 3.60. The topological polar surface area (TPSA) is 97.6 Å². The van der Waals surface area contributed by atoms with Gasteiger partial charge in [0.2, 0.25) is 0 Å². The Morgan fingerprint density at radius 3 is 2.39 bits per heavy atom. The van der Waals surface area contributed by atoms with Crippen LogP contribution in [0.25, 0.3) is 6.08 Å². The number of aromatic nitrogens is 1. The van der Waals surface area contributed by atoms with E-state index in [1.807, 2.05) is 6.07 Å². The number of carbonyl (C=O) groups is 1. The Bertz CT molecular complexity index is 1610. The molecule has 11 heteroatoms. The molecule has 4 rings (SSSR count). The second kappa shape index (κ2) is 11.4. The van der Waals surface area contributed by atoms with E-state index in [9.17, 15) is 9.59 Å². The number of rotatable bonds is 8. The number of hydrogen-bond donors (Lipinski definition) is 0. The fraction of sp³-hybridized carbons (Fsp3) is 0.296. The SMILES string of the molecule is CCOC(=O)C1=C(C)N=c2s/c(=C\c3cc(Br)c(OC)c(OC)c3)c(=O)n2[C@H]1c1ccc(OC)c(OC)c1. The molecular formula is C27H27BrN2O7S. The number of halogens is 1. The number of hydrogen-bond acceptors (Lipinski definition) is 9. The van der Waals surface area contributed by atoms with Crippen LogP contribution in [0.15, 0.2) is 55.9 Å². The summed E-state index contributed by atoms with van der Waals surface area (Å²) >= 11 is 4.73. The van der Waals surface area contributed by atoms with Crippen LogP contribution >= 0.6 is 27.3 Å². The second-order valence-electron chi connectivity index (χ2n) is 8.15. The zero-order valence-corrected chi connectivity index (χ0v) is 24.2. The van der Waals surface area contributed by atoms with Gasteiger partial charge in [0.15, 0.2) is 27.8 Å². The van der Waals surface area contributed by atoms with Crippen LogP contribution in [-0.2, 0) is 9.53 Å². The molecule has 0 spiro atoms. The third kappa shape index (κ3) is 4.95. The molecule has 2 heterocycles. The molecule has 9 nitrogen and oxygen atoms in total. The minimum Gasteiger partial charge on any atom is -0.493 e. The Hall–Kier alpha value is -3.57. The molecule has 0 N–H and O–H groups in total. The van der Waals surface area contributed by atoms with E-state index in [1.165, 1.54) is 23.0 Å². The lowest BCUT2D eigenvalue weighted by molar-refractivity contribution is -0.139. The smallest absolute Gasteiger partial charge is 0.338 e. The highest BCUT2D eigenvalue weighted by Crippen LogP contribution is 2.37. The summed E-state index contributed by atoms with van der Waals surface area (Å²) in [5.74, 6) is 1.53. The minimum absolute atomic E-state index is 0.187. The number of ether oxygens (including phenoxy) is 5. The van der Waals surface area contributed by atoms with Crippen LogP contribution in [0.2, 0.25) is 0 Å². The number of methoxy groups -OCH3 is 4. The Labute approximate surface area is 231 Å². The quantitative estimate of drug-likeness (QED) is 0.363. The molecule has 38 heavy (non-hydrogen) atoms. The number of nitrogens with zero attached hydrogens (tertiary/aromatic N) is 2. The van der Waals surface area contributed by atoms with Crippen molar-refractivity contribution in [3.05, 3.63) is 76.9 Å². The zero-order valence-electron chi connectivity index (χ0n) is 21.8. The fourth-order valence-corrected chi connectivity index (χ4v) is 5.97. The van der Waals surface area contributed by atoms with Gasteiger partial charge in [0.25, 0.3) is 5.56 Å². The number of esters is 1. The second-order valence-corrected chi connectivity index (χ2v) is 10.0. The number of thiazole rings is 1. The highest BCUT2D eigenvalue weighted by molar-refractivity contribution is 9.10. The molecule has 1 aliphatic rings. The molecule has 2 aromatic carbocycles. The number of fused-ring (bicyclic) bond motifs is 1. The summed E-state index contributed by atoms with van der Waals surface area (Å²) in [6.45, 7) is 3.66. The average molecular weight is 603 g/mol. The average Bonchev–Trinajstić information content (AvgIpc) is 3.21. The van der Waals surface area contributed by atoms with Crippen molar-refractivity contribution in [1.29, 1.82) is 0 Å². The van der Waals surface area contributed by atoms with Crippen LogP contribution in [0.3, 0.4) is 0 Å². The summed E-state index contributed by atoms with van der Waals surface area (Å²) in [7, 11) is 6.17. The van der Waals surface area contributed by atoms with Gasteiger partial charge in [0, 0.05) is 0 Å². The molecule has 0 fully saturated rings. The van der Waals surface area contributed by atoms with Crippen molar-refractivity contribution in [1.82, 2.24) is 4.57 Å². The molecule has 0 aliphatic carbocycles. The maximum atomic E-state index is 13.9. The van der Waals surface area contributed by atoms with Crippen LogP contribution in [-0.4, -0.2) is 45.6 Å². The highest BCUT2D eigenvalue weighted by Gasteiger charge is 2.34. The van der Waals surface area contributed by atoms with Gasteiger partial charge < -0.3 is 23.7 Å². The molecule has 0 saturated heterocycles. The van der Waals surface area contributed by atoms with Crippen LogP contribution in [0.1, 0.15) is 31.0 Å². The van der Waals surface area contributed by atoms with E-state index in [2.05, 4.69) is 20.9 Å². The van der Waals surface area contributed by atoms with Gasteiger partial charge in [-0.3, -0.25) is 9.36 Å². The standard InChI is InChI=1S/C27H27BrN2O7S/c1-7-37-26(32)22-14(2)29-27-30(23(22)16-8-9-18(33-3)19(13-16)34-4)25(31)21(38-27)12-15-10-17(28)24(36-6)20(11-15)35-5/h8-13,23H,7H2,1-6H3/b21-12-/t23-/m0/s1. The molecular weight excluding hydrogens is 576 g/mol. The summed E-state index contributed by atoms with van der Waals surface area (Å²) in [6, 6.07) is 8.13. The van der Waals surface area contributed by atoms with Crippen molar-refractivity contribution in [2.45, 2.75) is 19.9 Å². The molecule has 1 atom stereocenters. The van der Waals surface area contributed by atoms with Gasteiger partial charge in [0.05, 0.1) is 61.4 Å². The third-order valence-corrected chi connectivity index (χ3v) is 7.57. The van der Waals surface area contributed by atoms with E-state index in [-0.39, 0.29) is 17.7 Å². The van der Waals surface area contributed by atoms with E-state index in [1.54, 1.807) is 65.5 Å². The number of carbonyl (C=O) groups excluding carboxylic acids is 1. The first-order valence-electron chi connectivity index (χ1n) is 11.6. The van der Waals surface area contributed by atoms with Crippen LogP contribution in [0.5, 0.6) is 23.0 Å². The molecule has 1 aromatic heterocycles. The first-order chi connectivity index (χ1) is 18.3. The summed E-state index contributed by atoms with van der Waals surface area (Å²) in [5.41, 5.74) is 1.84. The Morgan fingerprint density at radius 1 is 1.05 bits per heavy atom. The van der Waals surface area contributed by atoms with Gasteiger partial charge in [-0.2, -0.15) is 0 Å². The normalized spacial score (nSPS) is 15.0. The lowest BCUT2D eigenvalue weighted by Crippen LogP contribution is -2.40. The van der Waals surface area contributed by atoms with Crippen LogP contribution < -0.4 is 33.8 Å². The van der Waals surface area contributed by atoms with Crippen LogP contribution in [0, 0.1) is 0 Å². The summed E-state index contributed by atoms with van der Waals surface area (Å²) in [5, 5.41) is 0. The maximum absolute atomic E-state index is 13.9. The lowest BCUT2D eigenvalue weighted by Gasteiger charge is -2.25. The fourth-order valence-electron chi connectivity index (χ4n) is 4.30. The minimum atomic E-state index is -0.774. The Balaban J connectivity index is 1.96. The summed E-state index contributed by atoms with van der Waals surface area (Å²) < 4.78 is 29.7. The Kier molecular flexibility index (Phi) is 8.27. The van der Waals surface area contributed by atoms with Crippen molar-refractivity contribution in [2.75, 3.05) is 35.0 Å².